The Bertz CT molecular complexity index is 249. The number of halogens is 1. The van der Waals surface area contributed by atoms with Gasteiger partial charge in [-0.3, -0.25) is 4.99 Å². The van der Waals surface area contributed by atoms with E-state index in [9.17, 15) is 0 Å². The van der Waals surface area contributed by atoms with E-state index in [2.05, 4.69) is 9.89 Å². The molecule has 2 fully saturated rings. The third kappa shape index (κ3) is 5.30. The quantitative estimate of drug-likeness (QED) is 0.359. The van der Waals surface area contributed by atoms with Crippen LogP contribution in [0.3, 0.4) is 0 Å². The maximum absolute atomic E-state index is 5.96. The van der Waals surface area contributed by atoms with Crippen molar-refractivity contribution in [2.45, 2.75) is 38.5 Å². The molecule has 2 N–H and O–H groups in total. The van der Waals surface area contributed by atoms with Gasteiger partial charge in [0.05, 0.1) is 13.2 Å². The van der Waals surface area contributed by atoms with E-state index in [0.29, 0.717) is 5.96 Å². The monoisotopic (exact) mass is 367 g/mol. The van der Waals surface area contributed by atoms with Gasteiger partial charge in [-0.25, -0.2) is 0 Å². The van der Waals surface area contributed by atoms with Crippen LogP contribution in [0.1, 0.15) is 38.5 Å². The molecule has 2 aliphatic rings. The molecule has 5 heteroatoms. The highest BCUT2D eigenvalue weighted by Crippen LogP contribution is 2.28. The number of hydrogen-bond acceptors (Lipinski definition) is 2. The van der Waals surface area contributed by atoms with E-state index >= 15 is 0 Å². The lowest BCUT2D eigenvalue weighted by atomic mass is 10.0. The zero-order valence-electron chi connectivity index (χ0n) is 11.1. The molecule has 106 valence electrons. The predicted molar refractivity (Wildman–Crippen MR) is 85.5 cm³/mol. The second kappa shape index (κ2) is 8.96. The summed E-state index contributed by atoms with van der Waals surface area (Å²) in [5.41, 5.74) is 5.96. The maximum Gasteiger partial charge on any atom is 0.191 e. The minimum absolute atomic E-state index is 0. The van der Waals surface area contributed by atoms with Crippen LogP contribution >= 0.6 is 24.0 Å². The van der Waals surface area contributed by atoms with Crippen molar-refractivity contribution in [1.82, 2.24) is 4.90 Å². The summed E-state index contributed by atoms with van der Waals surface area (Å²) in [6, 6.07) is 0. The fraction of sp³-hybridized carbons (Fsp3) is 0.923. The molecule has 1 aliphatic carbocycles. The van der Waals surface area contributed by atoms with E-state index in [1.54, 1.807) is 0 Å². The number of rotatable bonds is 4. The molecule has 0 aromatic heterocycles. The molecular weight excluding hydrogens is 341 g/mol. The van der Waals surface area contributed by atoms with Gasteiger partial charge in [0.1, 0.15) is 0 Å². The lowest BCUT2D eigenvalue weighted by Gasteiger charge is -2.27. The fourth-order valence-corrected chi connectivity index (χ4v) is 2.77. The van der Waals surface area contributed by atoms with Crippen molar-refractivity contribution in [3.8, 4) is 0 Å². The average molecular weight is 367 g/mol. The molecule has 0 atom stereocenters. The number of ether oxygens (including phenoxy) is 1. The Balaban J connectivity index is 0.00000162. The highest BCUT2D eigenvalue weighted by molar-refractivity contribution is 14.0. The van der Waals surface area contributed by atoms with E-state index in [1.807, 2.05) is 0 Å². The SMILES string of the molecule is I.NC(=NCCCC1CCCC1)N1CCOCC1. The van der Waals surface area contributed by atoms with Crippen LogP contribution in [-0.4, -0.2) is 43.7 Å². The molecule has 4 nitrogen and oxygen atoms in total. The fourth-order valence-electron chi connectivity index (χ4n) is 2.77. The molecule has 0 aromatic carbocycles. The van der Waals surface area contributed by atoms with Gasteiger partial charge in [0.15, 0.2) is 5.96 Å². The van der Waals surface area contributed by atoms with Crippen molar-refractivity contribution >= 4 is 29.9 Å². The van der Waals surface area contributed by atoms with Gasteiger partial charge in [0.2, 0.25) is 0 Å². The minimum atomic E-state index is 0. The molecule has 18 heavy (non-hydrogen) atoms. The molecule has 0 bridgehead atoms. The Morgan fingerprint density at radius 3 is 2.56 bits per heavy atom. The van der Waals surface area contributed by atoms with Crippen LogP contribution in [0, 0.1) is 5.92 Å². The van der Waals surface area contributed by atoms with Crippen LogP contribution in [0.2, 0.25) is 0 Å². The lowest BCUT2D eigenvalue weighted by molar-refractivity contribution is 0.0674. The van der Waals surface area contributed by atoms with Crippen LogP contribution in [0.15, 0.2) is 4.99 Å². The molecule has 1 saturated heterocycles. The summed E-state index contributed by atoms with van der Waals surface area (Å²) in [6.45, 7) is 4.21. The summed E-state index contributed by atoms with van der Waals surface area (Å²) in [5.74, 6) is 1.68. The Morgan fingerprint density at radius 1 is 1.22 bits per heavy atom. The number of nitrogens with zero attached hydrogens (tertiary/aromatic N) is 2. The van der Waals surface area contributed by atoms with Gasteiger partial charge < -0.3 is 15.4 Å². The Labute approximate surface area is 127 Å². The van der Waals surface area contributed by atoms with Crippen molar-refractivity contribution in [2.24, 2.45) is 16.6 Å². The Hall–Kier alpha value is -0.0400. The highest BCUT2D eigenvalue weighted by Gasteiger charge is 2.14. The zero-order valence-corrected chi connectivity index (χ0v) is 13.5. The Morgan fingerprint density at radius 2 is 1.89 bits per heavy atom. The van der Waals surface area contributed by atoms with Gasteiger partial charge in [-0.05, 0) is 18.8 Å². The predicted octanol–water partition coefficient (Wildman–Crippen LogP) is 2.22. The molecule has 0 spiro atoms. The summed E-state index contributed by atoms with van der Waals surface area (Å²) in [4.78, 5) is 6.60. The number of aliphatic imine (C=N–C) groups is 1. The lowest BCUT2D eigenvalue weighted by Crippen LogP contribution is -2.44. The van der Waals surface area contributed by atoms with E-state index in [-0.39, 0.29) is 24.0 Å². The van der Waals surface area contributed by atoms with Crippen molar-refractivity contribution in [3.05, 3.63) is 0 Å². The number of guanidine groups is 1. The van der Waals surface area contributed by atoms with Gasteiger partial charge in [0.25, 0.3) is 0 Å². The summed E-state index contributed by atoms with van der Waals surface area (Å²) < 4.78 is 5.29. The second-order valence-corrected chi connectivity index (χ2v) is 5.13. The first-order valence-electron chi connectivity index (χ1n) is 6.99. The second-order valence-electron chi connectivity index (χ2n) is 5.13. The largest absolute Gasteiger partial charge is 0.378 e. The van der Waals surface area contributed by atoms with Gasteiger partial charge in [0, 0.05) is 19.6 Å². The molecule has 1 saturated carbocycles. The van der Waals surface area contributed by atoms with Gasteiger partial charge in [-0.1, -0.05) is 25.7 Å². The van der Waals surface area contributed by atoms with Crippen molar-refractivity contribution in [2.75, 3.05) is 32.8 Å². The van der Waals surface area contributed by atoms with Gasteiger partial charge in [-0.2, -0.15) is 0 Å². The van der Waals surface area contributed by atoms with Crippen molar-refractivity contribution < 1.29 is 4.74 Å². The molecule has 0 amide bonds. The van der Waals surface area contributed by atoms with Gasteiger partial charge in [-0.15, -0.1) is 24.0 Å². The normalized spacial score (nSPS) is 22.0. The van der Waals surface area contributed by atoms with Crippen molar-refractivity contribution in [1.29, 1.82) is 0 Å². The maximum atomic E-state index is 5.96. The third-order valence-electron chi connectivity index (χ3n) is 3.85. The van der Waals surface area contributed by atoms with Gasteiger partial charge >= 0.3 is 0 Å². The first kappa shape index (κ1) is 16.0. The molecule has 0 aromatic rings. The summed E-state index contributed by atoms with van der Waals surface area (Å²) in [5, 5.41) is 0. The summed E-state index contributed by atoms with van der Waals surface area (Å²) in [7, 11) is 0. The smallest absolute Gasteiger partial charge is 0.191 e. The van der Waals surface area contributed by atoms with E-state index < -0.39 is 0 Å². The molecule has 0 unspecified atom stereocenters. The van der Waals surface area contributed by atoms with Crippen LogP contribution in [0.5, 0.6) is 0 Å². The standard InChI is InChI=1S/C13H25N3O.HI/c14-13(16-8-10-17-11-9-16)15-7-3-6-12-4-1-2-5-12;/h12H,1-11H2,(H2,14,15);1H. The molecule has 2 rings (SSSR count). The Kier molecular flexibility index (Phi) is 7.97. The van der Waals surface area contributed by atoms with Crippen LogP contribution in [0.4, 0.5) is 0 Å². The first-order chi connectivity index (χ1) is 8.36. The van der Waals surface area contributed by atoms with Crippen molar-refractivity contribution in [3.63, 3.8) is 0 Å². The van der Waals surface area contributed by atoms with Crippen LogP contribution in [-0.2, 0) is 4.74 Å². The van der Waals surface area contributed by atoms with Crippen LogP contribution in [0.25, 0.3) is 0 Å². The minimum Gasteiger partial charge on any atom is -0.378 e. The average Bonchev–Trinajstić information content (AvgIpc) is 2.88. The van der Waals surface area contributed by atoms with E-state index in [0.717, 1.165) is 38.8 Å². The number of morpholine rings is 1. The number of hydrogen-bond donors (Lipinski definition) is 1. The molecule has 1 heterocycles. The zero-order chi connectivity index (χ0) is 11.9. The molecule has 0 radical (unpaired) electrons. The summed E-state index contributed by atoms with van der Waals surface area (Å²) >= 11 is 0. The third-order valence-corrected chi connectivity index (χ3v) is 3.85. The number of nitrogens with two attached hydrogens (primary N) is 1. The molecular formula is C13H26IN3O. The topological polar surface area (TPSA) is 50.8 Å². The first-order valence-corrected chi connectivity index (χ1v) is 6.99. The van der Waals surface area contributed by atoms with Crippen LogP contribution < -0.4 is 5.73 Å². The summed E-state index contributed by atoms with van der Waals surface area (Å²) in [6.07, 6.45) is 8.26. The van der Waals surface area contributed by atoms with E-state index in [4.69, 9.17) is 10.5 Å². The van der Waals surface area contributed by atoms with E-state index in [1.165, 1.54) is 38.5 Å². The molecule has 1 aliphatic heterocycles. The highest BCUT2D eigenvalue weighted by atomic mass is 127.